The van der Waals surface area contributed by atoms with E-state index in [-0.39, 0.29) is 0 Å². The van der Waals surface area contributed by atoms with E-state index in [0.717, 1.165) is 78.5 Å². The van der Waals surface area contributed by atoms with Gasteiger partial charge in [0.15, 0.2) is 0 Å². The number of hydrogen-bond donors (Lipinski definition) is 5. The molecule has 6 nitrogen and oxygen atoms in total. The summed E-state index contributed by atoms with van der Waals surface area (Å²) in [5.41, 5.74) is 1.00. The second-order valence-electron chi connectivity index (χ2n) is 4.66. The van der Waals surface area contributed by atoms with Crippen molar-refractivity contribution in [3.05, 3.63) is 5.56 Å². The molecule has 0 aromatic heterocycles. The first kappa shape index (κ1) is 25.5. The van der Waals surface area contributed by atoms with Crippen molar-refractivity contribution in [2.75, 3.05) is 23.0 Å². The highest BCUT2D eigenvalue weighted by atomic mass is 32.2. The summed E-state index contributed by atoms with van der Waals surface area (Å²) in [6.45, 7) is 1.98. The summed E-state index contributed by atoms with van der Waals surface area (Å²) in [6.07, 6.45) is 1.73. The second-order valence-corrected chi connectivity index (χ2v) is 9.77. The van der Waals surface area contributed by atoms with Gasteiger partial charge < -0.3 is 0 Å². The molecule has 1 aromatic rings. The molecule has 2 N–H and O–H groups in total. The summed E-state index contributed by atoms with van der Waals surface area (Å²) in [5, 5.41) is 23.3. The van der Waals surface area contributed by atoms with Gasteiger partial charge in [0.05, 0.1) is 0 Å². The Hall–Kier alpha value is 1.43. The number of benzene rings is 1. The van der Waals surface area contributed by atoms with Gasteiger partial charge in [0, 0.05) is 60.1 Å². The van der Waals surface area contributed by atoms with Crippen molar-refractivity contribution in [3.8, 4) is 0 Å². The zero-order chi connectivity index (χ0) is 19.4. The smallest absolute Gasteiger partial charge is 0.0364 e. The SMILES string of the molecule is Cc1c(S)c(S)c(SCCCSOOO)c(SCCCSOOO)c1S. The quantitative estimate of drug-likeness (QED) is 0.0531. The topological polar surface area (TPSA) is 77.4 Å². The Morgan fingerprint density at radius 3 is 1.65 bits per heavy atom. The number of thiol groups is 3. The van der Waals surface area contributed by atoms with Gasteiger partial charge in [0.2, 0.25) is 0 Å². The molecule has 0 aliphatic heterocycles. The van der Waals surface area contributed by atoms with E-state index in [0.29, 0.717) is 11.5 Å². The van der Waals surface area contributed by atoms with E-state index in [1.165, 1.54) is 0 Å². The van der Waals surface area contributed by atoms with Crippen LogP contribution in [0.1, 0.15) is 18.4 Å². The van der Waals surface area contributed by atoms with E-state index in [9.17, 15) is 0 Å². The third kappa shape index (κ3) is 8.84. The minimum atomic E-state index is 0.690. The molecule has 0 radical (unpaired) electrons. The van der Waals surface area contributed by atoms with Gasteiger partial charge in [-0.15, -0.1) is 70.1 Å². The van der Waals surface area contributed by atoms with Crippen molar-refractivity contribution in [2.24, 2.45) is 0 Å². The fraction of sp³-hybridized carbons (Fsp3) is 0.538. The van der Waals surface area contributed by atoms with Crippen LogP contribution in [0.4, 0.5) is 0 Å². The molecule has 150 valence electrons. The molecule has 0 saturated carbocycles. The molecule has 0 fully saturated rings. The third-order valence-corrected chi connectivity index (χ3v) is 8.74. The molecular weight excluding hydrogens is 477 g/mol. The standard InChI is InChI=1S/C13H20O6S7/c1-8-9(20)11(22)13(24-5-3-7-26-19-17-15)12(10(8)21)23-4-2-6-25-18-16-14/h14-15,20-22H,2-7H2,1H3. The molecule has 0 unspecified atom stereocenters. The summed E-state index contributed by atoms with van der Waals surface area (Å²) in [7, 11) is 0. The molecule has 0 heterocycles. The maximum Gasteiger partial charge on any atom is 0.0364 e. The Morgan fingerprint density at radius 1 is 0.731 bits per heavy atom. The van der Waals surface area contributed by atoms with E-state index in [2.05, 4.69) is 56.6 Å². The molecule has 0 aliphatic carbocycles. The third-order valence-electron chi connectivity index (χ3n) is 2.96. The van der Waals surface area contributed by atoms with Gasteiger partial charge in [-0.2, -0.15) is 0 Å². The Bertz CT molecular complexity index is 501. The molecule has 13 heteroatoms. The molecule has 0 aliphatic rings. The maximum atomic E-state index is 8.11. The molecule has 26 heavy (non-hydrogen) atoms. The van der Waals surface area contributed by atoms with Gasteiger partial charge in [-0.3, -0.25) is 0 Å². The van der Waals surface area contributed by atoms with Crippen molar-refractivity contribution in [1.82, 2.24) is 0 Å². The minimum Gasteiger partial charge on any atom is -0.220 e. The Balaban J connectivity index is 2.70. The van der Waals surface area contributed by atoms with Gasteiger partial charge in [0.1, 0.15) is 0 Å². The first-order valence-electron chi connectivity index (χ1n) is 7.27. The molecule has 0 bridgehead atoms. The van der Waals surface area contributed by atoms with Crippen LogP contribution in [0.25, 0.3) is 0 Å². The molecule has 0 amide bonds. The van der Waals surface area contributed by atoms with Crippen LogP contribution in [0.15, 0.2) is 24.5 Å². The molecule has 0 atom stereocenters. The van der Waals surface area contributed by atoms with Crippen molar-refractivity contribution in [2.45, 2.75) is 44.2 Å². The monoisotopic (exact) mass is 496 g/mol. The summed E-state index contributed by atoms with van der Waals surface area (Å²) in [4.78, 5) is 4.75. The zero-order valence-corrected chi connectivity index (χ0v) is 19.7. The van der Waals surface area contributed by atoms with Crippen LogP contribution in [0, 0.1) is 6.92 Å². The average molecular weight is 497 g/mol. The van der Waals surface area contributed by atoms with Gasteiger partial charge >= 0.3 is 0 Å². The Morgan fingerprint density at radius 2 is 1.19 bits per heavy atom. The van der Waals surface area contributed by atoms with Gasteiger partial charge in [0.25, 0.3) is 0 Å². The summed E-state index contributed by atoms with van der Waals surface area (Å²) in [5.74, 6) is 3.10. The Kier molecular flexibility index (Phi) is 15.0. The van der Waals surface area contributed by atoms with Crippen LogP contribution in [-0.2, 0) is 18.7 Å². The largest absolute Gasteiger partial charge is 0.220 e. The predicted molar refractivity (Wildman–Crippen MR) is 118 cm³/mol. The fourth-order valence-corrected chi connectivity index (χ4v) is 6.62. The van der Waals surface area contributed by atoms with Crippen LogP contribution in [-0.4, -0.2) is 33.5 Å². The molecule has 0 spiro atoms. The Labute approximate surface area is 186 Å². The summed E-state index contributed by atoms with van der Waals surface area (Å²) in [6, 6.07) is 0. The maximum absolute atomic E-state index is 8.11. The molecular formula is C13H20O6S7. The van der Waals surface area contributed by atoms with Gasteiger partial charge in [-0.05, 0) is 36.8 Å². The summed E-state index contributed by atoms with van der Waals surface area (Å²) < 4.78 is 8.73. The van der Waals surface area contributed by atoms with Crippen LogP contribution >= 0.6 is 85.5 Å². The molecule has 1 rings (SSSR count). The van der Waals surface area contributed by atoms with E-state index in [1.807, 2.05) is 6.92 Å². The first-order valence-corrected chi connectivity index (χ1v) is 12.4. The minimum absolute atomic E-state index is 0.690. The van der Waals surface area contributed by atoms with E-state index in [4.69, 9.17) is 10.5 Å². The normalized spacial score (nSPS) is 11.3. The first-order chi connectivity index (χ1) is 12.5. The zero-order valence-electron chi connectivity index (χ0n) is 13.7. The lowest BCUT2D eigenvalue weighted by molar-refractivity contribution is -0.432. The van der Waals surface area contributed by atoms with Crippen LogP contribution < -0.4 is 0 Å². The number of hydrogen-bond acceptors (Lipinski definition) is 13. The predicted octanol–water partition coefficient (Wildman–Crippen LogP) is 5.96. The van der Waals surface area contributed by atoms with Gasteiger partial charge in [-0.25, -0.2) is 10.5 Å². The number of thioether (sulfide) groups is 2. The lowest BCUT2D eigenvalue weighted by atomic mass is 10.2. The fourth-order valence-electron chi connectivity index (χ4n) is 1.75. The van der Waals surface area contributed by atoms with Crippen molar-refractivity contribution >= 4 is 85.5 Å². The highest BCUT2D eigenvalue weighted by Gasteiger charge is 2.18. The summed E-state index contributed by atoms with van der Waals surface area (Å²) >= 11 is 19.4. The average Bonchev–Trinajstić information content (AvgIpc) is 2.64. The highest BCUT2D eigenvalue weighted by molar-refractivity contribution is 8.03. The van der Waals surface area contributed by atoms with Crippen molar-refractivity contribution in [3.63, 3.8) is 0 Å². The molecule has 0 saturated heterocycles. The van der Waals surface area contributed by atoms with Gasteiger partial charge in [-0.1, -0.05) is 10.1 Å². The highest BCUT2D eigenvalue weighted by Crippen LogP contribution is 2.45. The van der Waals surface area contributed by atoms with Crippen LogP contribution in [0.5, 0.6) is 0 Å². The van der Waals surface area contributed by atoms with E-state index < -0.39 is 0 Å². The van der Waals surface area contributed by atoms with Crippen molar-refractivity contribution in [1.29, 1.82) is 0 Å². The van der Waals surface area contributed by atoms with Crippen molar-refractivity contribution < 1.29 is 29.3 Å². The van der Waals surface area contributed by atoms with E-state index in [1.54, 1.807) is 23.5 Å². The van der Waals surface area contributed by atoms with E-state index >= 15 is 0 Å². The number of rotatable bonds is 14. The molecule has 1 aromatic carbocycles. The lowest BCUT2D eigenvalue weighted by Gasteiger charge is -2.18. The lowest BCUT2D eigenvalue weighted by Crippen LogP contribution is -1.95. The second kappa shape index (κ2) is 15.3. The van der Waals surface area contributed by atoms with Crippen LogP contribution in [0.3, 0.4) is 0 Å². The van der Waals surface area contributed by atoms with Crippen LogP contribution in [0.2, 0.25) is 0 Å².